The first-order valence-corrected chi connectivity index (χ1v) is 8.68. The number of benzene rings is 1. The van der Waals surface area contributed by atoms with Crippen LogP contribution in [0.15, 0.2) is 12.1 Å². The van der Waals surface area contributed by atoms with E-state index in [1.807, 2.05) is 0 Å². The first-order valence-electron chi connectivity index (χ1n) is 8.68. The fourth-order valence-electron chi connectivity index (χ4n) is 2.75. The second-order valence-electron chi connectivity index (χ2n) is 6.67. The Morgan fingerprint density at radius 2 is 1.93 bits per heavy atom. The topological polar surface area (TPSA) is 200 Å². The lowest BCUT2D eigenvalue weighted by molar-refractivity contribution is -0.141. The van der Waals surface area contributed by atoms with E-state index in [0.717, 1.165) is 0 Å². The van der Waals surface area contributed by atoms with Crippen LogP contribution in [0.3, 0.4) is 0 Å². The molecular weight excluding hydrogens is 373 g/mol. The van der Waals surface area contributed by atoms with Gasteiger partial charge in [-0.25, -0.2) is 4.79 Å². The van der Waals surface area contributed by atoms with Gasteiger partial charge in [-0.1, -0.05) is 6.07 Å². The van der Waals surface area contributed by atoms with Crippen molar-refractivity contribution in [3.05, 3.63) is 23.3 Å². The fourth-order valence-corrected chi connectivity index (χ4v) is 2.75. The van der Waals surface area contributed by atoms with Gasteiger partial charge in [0, 0.05) is 6.42 Å². The number of nitrogens with two attached hydrogens (primary N) is 2. The number of aliphatic hydroxyl groups excluding tert-OH is 1. The van der Waals surface area contributed by atoms with Gasteiger partial charge in [-0.2, -0.15) is 0 Å². The maximum atomic E-state index is 12.0. The lowest BCUT2D eigenvalue weighted by atomic mass is 9.82. The summed E-state index contributed by atoms with van der Waals surface area (Å²) in [6.45, 7) is 0.398. The third-order valence-corrected chi connectivity index (χ3v) is 4.45. The van der Waals surface area contributed by atoms with Gasteiger partial charge in [0.25, 0.3) is 0 Å². The molecule has 2 atom stereocenters. The predicted molar refractivity (Wildman–Crippen MR) is 97.6 cm³/mol. The van der Waals surface area contributed by atoms with Crippen LogP contribution in [0.1, 0.15) is 22.3 Å². The van der Waals surface area contributed by atoms with E-state index in [4.69, 9.17) is 31.4 Å². The number of nitrogens with zero attached hydrogens (tertiary/aromatic N) is 1. The molecule has 0 spiro atoms. The van der Waals surface area contributed by atoms with Crippen molar-refractivity contribution in [2.75, 3.05) is 13.1 Å². The summed E-state index contributed by atoms with van der Waals surface area (Å²) in [5.74, 6) is -2.25. The summed E-state index contributed by atoms with van der Waals surface area (Å²) in [4.78, 5) is 24.9. The number of amides is 1. The lowest BCUT2D eigenvalue weighted by Gasteiger charge is -2.39. The second-order valence-corrected chi connectivity index (χ2v) is 6.67. The van der Waals surface area contributed by atoms with Crippen molar-refractivity contribution in [1.29, 1.82) is 0 Å². The van der Waals surface area contributed by atoms with Gasteiger partial charge in [-0.15, -0.1) is 0 Å². The molecule has 1 heterocycles. The number of ether oxygens (including phenoxy) is 1. The zero-order valence-electron chi connectivity index (χ0n) is 15.1. The number of carboxylic acids is 1. The first-order chi connectivity index (χ1) is 13.1. The van der Waals surface area contributed by atoms with Gasteiger partial charge in [0.15, 0.2) is 0 Å². The van der Waals surface area contributed by atoms with Crippen molar-refractivity contribution >= 4 is 19.0 Å². The Morgan fingerprint density at radius 1 is 1.29 bits per heavy atom. The van der Waals surface area contributed by atoms with Gasteiger partial charge in [-0.05, 0) is 24.4 Å². The summed E-state index contributed by atoms with van der Waals surface area (Å²) in [6.07, 6.45) is -1.89. The number of aryl methyl sites for hydroxylation is 1. The number of aliphatic hydroxyl groups is 1. The third kappa shape index (κ3) is 5.33. The zero-order valence-corrected chi connectivity index (χ0v) is 15.1. The van der Waals surface area contributed by atoms with Gasteiger partial charge in [0.05, 0.1) is 19.1 Å². The van der Waals surface area contributed by atoms with Crippen molar-refractivity contribution in [2.45, 2.75) is 37.5 Å². The molecule has 1 fully saturated rings. The molecule has 12 heteroatoms. The molecule has 0 aliphatic carbocycles. The second kappa shape index (κ2) is 9.21. The number of phenols is 1. The Bertz CT molecular complexity index is 724. The van der Waals surface area contributed by atoms with E-state index >= 15 is 0 Å². The minimum atomic E-state index is -1.57. The number of carbonyl (C=O) groups is 2. The number of likely N-dealkylation sites (tertiary alicyclic amines) is 1. The molecule has 1 aromatic rings. The highest BCUT2D eigenvalue weighted by molar-refractivity contribution is 6.41. The Balaban J connectivity index is 2.00. The fraction of sp³-hybridized carbons (Fsp3) is 0.500. The van der Waals surface area contributed by atoms with Crippen LogP contribution in [0, 0.1) is 0 Å². The smallest absolute Gasteiger partial charge is 0.451 e. The quantitative estimate of drug-likeness (QED) is 0.175. The van der Waals surface area contributed by atoms with Crippen molar-refractivity contribution in [3.8, 4) is 11.5 Å². The molecule has 28 heavy (non-hydrogen) atoms. The maximum absolute atomic E-state index is 12.0. The molecule has 2 rings (SSSR count). The van der Waals surface area contributed by atoms with Crippen LogP contribution in [-0.2, 0) is 11.2 Å². The van der Waals surface area contributed by atoms with E-state index in [0.29, 0.717) is 0 Å². The van der Waals surface area contributed by atoms with Crippen LogP contribution >= 0.6 is 0 Å². The average molecular weight is 397 g/mol. The van der Waals surface area contributed by atoms with Crippen LogP contribution in [0.4, 0.5) is 0 Å². The molecule has 0 saturated carbocycles. The van der Waals surface area contributed by atoms with Crippen LogP contribution in [0.2, 0.25) is 6.32 Å². The van der Waals surface area contributed by atoms with Gasteiger partial charge in [-0.3, -0.25) is 4.79 Å². The summed E-state index contributed by atoms with van der Waals surface area (Å²) in [6, 6.07) is 1.95. The van der Waals surface area contributed by atoms with E-state index in [1.165, 1.54) is 17.0 Å². The summed E-state index contributed by atoms with van der Waals surface area (Å²) in [7, 11) is -1.57. The number of aromatic carboxylic acids is 1. The third-order valence-electron chi connectivity index (χ3n) is 4.45. The van der Waals surface area contributed by atoms with Crippen LogP contribution < -0.4 is 16.2 Å². The van der Waals surface area contributed by atoms with Crippen LogP contribution in [0.25, 0.3) is 0 Å². The minimum Gasteiger partial charge on any atom is -0.507 e. The van der Waals surface area contributed by atoms with Gasteiger partial charge in [0.1, 0.15) is 29.4 Å². The van der Waals surface area contributed by atoms with Gasteiger partial charge >= 0.3 is 13.1 Å². The lowest BCUT2D eigenvalue weighted by Crippen LogP contribution is -2.57. The molecule has 1 aliphatic heterocycles. The van der Waals surface area contributed by atoms with Crippen molar-refractivity contribution in [1.82, 2.24) is 4.90 Å². The maximum Gasteiger partial charge on any atom is 0.451 e. The number of carbonyl (C=O) groups excluding carboxylic acids is 1. The largest absolute Gasteiger partial charge is 0.507 e. The average Bonchev–Trinajstić information content (AvgIpc) is 2.55. The highest BCUT2D eigenvalue weighted by Gasteiger charge is 2.34. The summed E-state index contributed by atoms with van der Waals surface area (Å²) >= 11 is 0. The molecule has 1 amide bonds. The predicted octanol–water partition coefficient (Wildman–Crippen LogP) is -2.31. The molecule has 1 saturated heterocycles. The van der Waals surface area contributed by atoms with E-state index in [2.05, 4.69) is 0 Å². The van der Waals surface area contributed by atoms with E-state index in [9.17, 15) is 19.8 Å². The number of aromatic hydroxyl groups is 1. The standard InChI is InChI=1S/C16H24BN3O8/c18-10(15(19)23)5-12(21)20-6-9(7-20)28-11-2-1-8(3-4-17(26)27)14(22)13(11)16(24)25/h1-2,9-10,15,22-23,26-27H,3-7,18-19H2,(H,24,25). The monoisotopic (exact) mass is 397 g/mol. The summed E-state index contributed by atoms with van der Waals surface area (Å²) in [5.41, 5.74) is 10.6. The van der Waals surface area contributed by atoms with E-state index in [-0.39, 0.29) is 49.5 Å². The SMILES string of the molecule is NC(O)C(N)CC(=O)N1CC(Oc2ccc(CCB(O)O)c(O)c2C(=O)O)C1. The van der Waals surface area contributed by atoms with Crippen LogP contribution in [-0.4, -0.2) is 80.7 Å². The Kier molecular flexibility index (Phi) is 7.21. The van der Waals surface area contributed by atoms with Crippen molar-refractivity contribution in [2.24, 2.45) is 11.5 Å². The molecule has 0 radical (unpaired) electrons. The highest BCUT2D eigenvalue weighted by atomic mass is 16.5. The molecule has 1 aromatic carbocycles. The van der Waals surface area contributed by atoms with E-state index < -0.39 is 42.8 Å². The normalized spacial score (nSPS) is 16.2. The number of rotatable bonds is 9. The minimum absolute atomic E-state index is 0.0514. The molecule has 0 bridgehead atoms. The molecule has 154 valence electrons. The molecule has 0 aromatic heterocycles. The van der Waals surface area contributed by atoms with Crippen molar-refractivity contribution in [3.63, 3.8) is 0 Å². The number of carboxylic acid groups (broad SMARTS) is 1. The highest BCUT2D eigenvalue weighted by Crippen LogP contribution is 2.34. The van der Waals surface area contributed by atoms with Gasteiger partial charge < -0.3 is 46.5 Å². The molecule has 11 nitrogen and oxygen atoms in total. The molecule has 2 unspecified atom stereocenters. The molecule has 1 aliphatic rings. The molecule has 9 N–H and O–H groups in total. The number of hydrogen-bond acceptors (Lipinski definition) is 9. The Labute approximate surface area is 161 Å². The Hall–Kier alpha value is -2.38. The van der Waals surface area contributed by atoms with E-state index in [1.54, 1.807) is 0 Å². The summed E-state index contributed by atoms with van der Waals surface area (Å²) in [5, 5.41) is 46.6. The molecular formula is C16H24BN3O8. The zero-order chi connectivity index (χ0) is 21.0. The number of hydrogen-bond donors (Lipinski definition) is 7. The van der Waals surface area contributed by atoms with Crippen LogP contribution in [0.5, 0.6) is 11.5 Å². The van der Waals surface area contributed by atoms with Crippen molar-refractivity contribution < 1.29 is 39.7 Å². The summed E-state index contributed by atoms with van der Waals surface area (Å²) < 4.78 is 5.60. The Morgan fingerprint density at radius 3 is 2.46 bits per heavy atom. The first kappa shape index (κ1) is 21.9. The van der Waals surface area contributed by atoms with Gasteiger partial charge in [0.2, 0.25) is 5.91 Å².